The van der Waals surface area contributed by atoms with Crippen LogP contribution in [0.3, 0.4) is 0 Å². The second-order valence-electron chi connectivity index (χ2n) is 5.07. The van der Waals surface area contributed by atoms with Gasteiger partial charge in [-0.25, -0.2) is 0 Å². The summed E-state index contributed by atoms with van der Waals surface area (Å²) in [6.45, 7) is 4.57. The molecule has 90 valence electrons. The molecule has 0 bridgehead atoms. The highest BCUT2D eigenvalue weighted by Gasteiger charge is 2.29. The summed E-state index contributed by atoms with van der Waals surface area (Å²) in [5.41, 5.74) is 3.11. The monoisotopic (exact) mass is 212 g/mol. The van der Waals surface area contributed by atoms with Crippen LogP contribution in [0.5, 0.6) is 0 Å². The number of nitrogens with one attached hydrogen (secondary N) is 1. The quantitative estimate of drug-likeness (QED) is 0.502. The molecule has 1 saturated carbocycles. The molecule has 15 heavy (non-hydrogen) atoms. The molecule has 1 aliphatic carbocycles. The lowest BCUT2D eigenvalue weighted by Gasteiger charge is -2.31. The van der Waals surface area contributed by atoms with E-state index in [1.807, 2.05) is 0 Å². The molecular weight excluding hydrogens is 184 g/mol. The normalized spacial score (nSPS) is 20.0. The zero-order valence-electron chi connectivity index (χ0n) is 10.5. The summed E-state index contributed by atoms with van der Waals surface area (Å²) in [6, 6.07) is 0.576. The van der Waals surface area contributed by atoms with Gasteiger partial charge >= 0.3 is 0 Å². The molecule has 0 aromatic carbocycles. The van der Waals surface area contributed by atoms with Gasteiger partial charge in [0.25, 0.3) is 0 Å². The SMILES string of the molecule is CCCC(CCC)C(NN)C1CCCC1. The van der Waals surface area contributed by atoms with Gasteiger partial charge in [0, 0.05) is 6.04 Å². The van der Waals surface area contributed by atoms with E-state index in [4.69, 9.17) is 5.84 Å². The van der Waals surface area contributed by atoms with Crippen molar-refractivity contribution in [2.45, 2.75) is 71.3 Å². The molecule has 2 heteroatoms. The van der Waals surface area contributed by atoms with Gasteiger partial charge in [-0.2, -0.15) is 0 Å². The zero-order chi connectivity index (χ0) is 11.1. The molecule has 0 aromatic rings. The van der Waals surface area contributed by atoms with Crippen LogP contribution in [0.4, 0.5) is 0 Å². The summed E-state index contributed by atoms with van der Waals surface area (Å²) in [5.74, 6) is 7.41. The number of hydrogen-bond donors (Lipinski definition) is 2. The molecule has 1 rings (SSSR count). The van der Waals surface area contributed by atoms with E-state index in [1.54, 1.807) is 0 Å². The van der Waals surface area contributed by atoms with Crippen LogP contribution in [-0.2, 0) is 0 Å². The molecule has 1 atom stereocenters. The van der Waals surface area contributed by atoms with Crippen LogP contribution >= 0.6 is 0 Å². The Hall–Kier alpha value is -0.0800. The second-order valence-corrected chi connectivity index (χ2v) is 5.07. The second kappa shape index (κ2) is 7.24. The Balaban J connectivity index is 2.50. The summed E-state index contributed by atoms with van der Waals surface area (Å²) in [4.78, 5) is 0. The molecule has 0 saturated heterocycles. The van der Waals surface area contributed by atoms with Crippen molar-refractivity contribution >= 4 is 0 Å². The van der Waals surface area contributed by atoms with Crippen LogP contribution in [0.25, 0.3) is 0 Å². The van der Waals surface area contributed by atoms with Crippen molar-refractivity contribution in [1.29, 1.82) is 0 Å². The van der Waals surface area contributed by atoms with Gasteiger partial charge in [-0.1, -0.05) is 39.5 Å². The molecule has 0 heterocycles. The number of hydrazine groups is 1. The topological polar surface area (TPSA) is 38.0 Å². The Morgan fingerprint density at radius 3 is 2.07 bits per heavy atom. The molecular formula is C13H28N2. The minimum absolute atomic E-state index is 0.576. The highest BCUT2D eigenvalue weighted by atomic mass is 15.2. The first-order valence-electron chi connectivity index (χ1n) is 6.79. The minimum Gasteiger partial charge on any atom is -0.271 e. The Morgan fingerprint density at radius 1 is 1.13 bits per heavy atom. The van der Waals surface area contributed by atoms with E-state index in [2.05, 4.69) is 19.3 Å². The number of rotatable bonds is 7. The maximum absolute atomic E-state index is 5.76. The molecule has 1 unspecified atom stereocenters. The fourth-order valence-corrected chi connectivity index (χ4v) is 3.22. The smallest absolute Gasteiger partial charge is 0.0266 e. The van der Waals surface area contributed by atoms with E-state index < -0.39 is 0 Å². The van der Waals surface area contributed by atoms with Crippen LogP contribution in [0.1, 0.15) is 65.2 Å². The van der Waals surface area contributed by atoms with Crippen LogP contribution < -0.4 is 11.3 Å². The third-order valence-corrected chi connectivity index (χ3v) is 3.93. The molecule has 3 N–H and O–H groups in total. The van der Waals surface area contributed by atoms with Gasteiger partial charge in [-0.05, 0) is 37.5 Å². The van der Waals surface area contributed by atoms with Crippen molar-refractivity contribution in [2.24, 2.45) is 17.7 Å². The van der Waals surface area contributed by atoms with Gasteiger partial charge in [0.2, 0.25) is 0 Å². The third-order valence-electron chi connectivity index (χ3n) is 3.93. The summed E-state index contributed by atoms with van der Waals surface area (Å²) in [5, 5.41) is 0. The molecule has 1 fully saturated rings. The maximum atomic E-state index is 5.76. The Bertz CT molecular complexity index is 147. The maximum Gasteiger partial charge on any atom is 0.0266 e. The summed E-state index contributed by atoms with van der Waals surface area (Å²) < 4.78 is 0. The lowest BCUT2D eigenvalue weighted by Crippen LogP contribution is -2.45. The van der Waals surface area contributed by atoms with E-state index in [1.165, 1.54) is 51.4 Å². The summed E-state index contributed by atoms with van der Waals surface area (Å²) in [7, 11) is 0. The first-order valence-corrected chi connectivity index (χ1v) is 6.79. The molecule has 0 amide bonds. The predicted molar refractivity (Wildman–Crippen MR) is 66.4 cm³/mol. The van der Waals surface area contributed by atoms with E-state index in [-0.39, 0.29) is 0 Å². The molecule has 0 aromatic heterocycles. The average Bonchev–Trinajstić information content (AvgIpc) is 2.73. The van der Waals surface area contributed by atoms with Gasteiger partial charge < -0.3 is 0 Å². The van der Waals surface area contributed by atoms with Crippen molar-refractivity contribution in [2.75, 3.05) is 0 Å². The number of hydrogen-bond acceptors (Lipinski definition) is 2. The highest BCUT2D eigenvalue weighted by molar-refractivity contribution is 4.84. The van der Waals surface area contributed by atoms with Gasteiger partial charge in [0.1, 0.15) is 0 Å². The molecule has 1 aliphatic rings. The summed E-state index contributed by atoms with van der Waals surface area (Å²) >= 11 is 0. The van der Waals surface area contributed by atoms with Crippen LogP contribution in [0.15, 0.2) is 0 Å². The standard InChI is InChI=1S/C13H28N2/c1-3-7-11(8-4-2)13(15-14)12-9-5-6-10-12/h11-13,15H,3-10,14H2,1-2H3. The number of nitrogens with two attached hydrogens (primary N) is 1. The van der Waals surface area contributed by atoms with Gasteiger partial charge in [0.05, 0.1) is 0 Å². The van der Waals surface area contributed by atoms with Gasteiger partial charge in [-0.3, -0.25) is 11.3 Å². The molecule has 2 nitrogen and oxygen atoms in total. The average molecular weight is 212 g/mol. The minimum atomic E-state index is 0.576. The Labute approximate surface area is 95.0 Å². The first kappa shape index (κ1) is 13.0. The lowest BCUT2D eigenvalue weighted by atomic mass is 9.82. The van der Waals surface area contributed by atoms with Gasteiger partial charge in [-0.15, -0.1) is 0 Å². The van der Waals surface area contributed by atoms with Crippen molar-refractivity contribution in [3.63, 3.8) is 0 Å². The van der Waals surface area contributed by atoms with Crippen LogP contribution in [0, 0.1) is 11.8 Å². The van der Waals surface area contributed by atoms with E-state index >= 15 is 0 Å². The summed E-state index contributed by atoms with van der Waals surface area (Å²) in [6.07, 6.45) is 10.8. The van der Waals surface area contributed by atoms with Crippen LogP contribution in [0.2, 0.25) is 0 Å². The van der Waals surface area contributed by atoms with Gasteiger partial charge in [0.15, 0.2) is 0 Å². The van der Waals surface area contributed by atoms with Crippen molar-refractivity contribution in [3.8, 4) is 0 Å². The van der Waals surface area contributed by atoms with Crippen LogP contribution in [-0.4, -0.2) is 6.04 Å². The lowest BCUT2D eigenvalue weighted by molar-refractivity contribution is 0.234. The van der Waals surface area contributed by atoms with E-state index in [9.17, 15) is 0 Å². The van der Waals surface area contributed by atoms with Crippen molar-refractivity contribution in [1.82, 2.24) is 5.43 Å². The highest BCUT2D eigenvalue weighted by Crippen LogP contribution is 2.33. The molecule has 0 radical (unpaired) electrons. The van der Waals surface area contributed by atoms with E-state index in [0.717, 1.165) is 11.8 Å². The molecule has 0 aliphatic heterocycles. The van der Waals surface area contributed by atoms with E-state index in [0.29, 0.717) is 6.04 Å². The first-order chi connectivity index (χ1) is 7.33. The molecule has 0 spiro atoms. The fourth-order valence-electron chi connectivity index (χ4n) is 3.22. The van der Waals surface area contributed by atoms with Crippen molar-refractivity contribution < 1.29 is 0 Å². The van der Waals surface area contributed by atoms with Crippen molar-refractivity contribution in [3.05, 3.63) is 0 Å². The largest absolute Gasteiger partial charge is 0.271 e. The Kier molecular flexibility index (Phi) is 6.26. The Morgan fingerprint density at radius 2 is 1.67 bits per heavy atom. The predicted octanol–water partition coefficient (Wildman–Crippen LogP) is 3.22. The fraction of sp³-hybridized carbons (Fsp3) is 1.00. The zero-order valence-corrected chi connectivity index (χ0v) is 10.5. The third kappa shape index (κ3) is 3.76.